The number of ether oxygens (including phenoxy) is 1. The van der Waals surface area contributed by atoms with Crippen LogP contribution in [0.4, 0.5) is 0 Å². The Hall–Kier alpha value is -1.19. The molecule has 0 spiro atoms. The van der Waals surface area contributed by atoms with Gasteiger partial charge < -0.3 is 15.8 Å². The molecular weight excluding hydrogens is 402 g/mol. The van der Waals surface area contributed by atoms with Gasteiger partial charge in [-0.15, -0.1) is 12.4 Å². The van der Waals surface area contributed by atoms with Crippen LogP contribution in [0.3, 0.4) is 0 Å². The average molecular weight is 432 g/mol. The standard InChI is InChI=1S/C19H29N3O4S.ClH/c1-13-10-22(11-14(2)26-13)27(24,25)17-8-4-15(5-9-17)18(23)21-19(3,12-20)16-6-7-16;/h4-5,8-9,13-14,16H,6-7,10-12,20H2,1-3H3,(H,21,23);1H. The van der Waals surface area contributed by atoms with E-state index in [2.05, 4.69) is 5.32 Å². The number of hydrogen-bond donors (Lipinski definition) is 2. The first-order valence-electron chi connectivity index (χ1n) is 9.44. The van der Waals surface area contributed by atoms with Gasteiger partial charge in [-0.05, 0) is 63.8 Å². The summed E-state index contributed by atoms with van der Waals surface area (Å²) in [5, 5.41) is 3.01. The molecule has 1 saturated carbocycles. The van der Waals surface area contributed by atoms with Gasteiger partial charge in [0.1, 0.15) is 0 Å². The molecule has 9 heteroatoms. The first-order chi connectivity index (χ1) is 12.7. The minimum atomic E-state index is -3.61. The number of carbonyl (C=O) groups excluding carboxylic acids is 1. The van der Waals surface area contributed by atoms with E-state index in [0.717, 1.165) is 12.8 Å². The van der Waals surface area contributed by atoms with Crippen molar-refractivity contribution in [2.75, 3.05) is 19.6 Å². The summed E-state index contributed by atoms with van der Waals surface area (Å²) in [5.41, 5.74) is 5.86. The van der Waals surface area contributed by atoms with Gasteiger partial charge in [0.05, 0.1) is 22.6 Å². The van der Waals surface area contributed by atoms with E-state index in [9.17, 15) is 13.2 Å². The molecular formula is C19H30ClN3O4S. The number of nitrogens with two attached hydrogens (primary N) is 1. The second-order valence-corrected chi connectivity index (χ2v) is 9.89. The quantitative estimate of drug-likeness (QED) is 0.714. The number of amides is 1. The molecule has 1 aromatic rings. The van der Waals surface area contributed by atoms with Gasteiger partial charge >= 0.3 is 0 Å². The van der Waals surface area contributed by atoms with Crippen LogP contribution in [0.5, 0.6) is 0 Å². The third-order valence-electron chi connectivity index (χ3n) is 5.44. The van der Waals surface area contributed by atoms with Crippen LogP contribution in [0.1, 0.15) is 44.0 Å². The summed E-state index contributed by atoms with van der Waals surface area (Å²) < 4.78 is 32.8. The molecule has 3 N–H and O–H groups in total. The summed E-state index contributed by atoms with van der Waals surface area (Å²) in [6.45, 7) is 6.71. The van der Waals surface area contributed by atoms with Gasteiger partial charge in [0, 0.05) is 25.2 Å². The van der Waals surface area contributed by atoms with Crippen molar-refractivity contribution in [2.45, 2.75) is 56.3 Å². The largest absolute Gasteiger partial charge is 0.373 e. The lowest BCUT2D eigenvalue weighted by atomic mass is 9.95. The Kier molecular flexibility index (Phi) is 7.15. The molecule has 1 heterocycles. The van der Waals surface area contributed by atoms with Crippen LogP contribution in [0.2, 0.25) is 0 Å². The molecule has 2 fully saturated rings. The zero-order chi connectivity index (χ0) is 19.8. The molecule has 7 nitrogen and oxygen atoms in total. The molecule has 158 valence electrons. The van der Waals surface area contributed by atoms with Crippen molar-refractivity contribution in [3.63, 3.8) is 0 Å². The fourth-order valence-electron chi connectivity index (χ4n) is 3.63. The second-order valence-electron chi connectivity index (χ2n) is 7.95. The summed E-state index contributed by atoms with van der Waals surface area (Å²) in [7, 11) is -3.61. The van der Waals surface area contributed by atoms with Gasteiger partial charge in [-0.1, -0.05) is 0 Å². The molecule has 1 saturated heterocycles. The lowest BCUT2D eigenvalue weighted by molar-refractivity contribution is -0.0440. The Morgan fingerprint density at radius 3 is 2.21 bits per heavy atom. The third-order valence-corrected chi connectivity index (χ3v) is 7.29. The Labute approximate surface area is 173 Å². The summed E-state index contributed by atoms with van der Waals surface area (Å²) in [6.07, 6.45) is 1.85. The van der Waals surface area contributed by atoms with Gasteiger partial charge in [-0.25, -0.2) is 8.42 Å². The van der Waals surface area contributed by atoms with E-state index < -0.39 is 15.6 Å². The van der Waals surface area contributed by atoms with Crippen LogP contribution in [-0.4, -0.2) is 56.0 Å². The predicted octanol–water partition coefficient (Wildman–Crippen LogP) is 1.76. The fraction of sp³-hybridized carbons (Fsp3) is 0.632. The van der Waals surface area contributed by atoms with E-state index in [1.807, 2.05) is 20.8 Å². The maximum absolute atomic E-state index is 12.9. The first-order valence-corrected chi connectivity index (χ1v) is 10.9. The van der Waals surface area contributed by atoms with Gasteiger partial charge in [0.2, 0.25) is 10.0 Å². The molecule has 3 rings (SSSR count). The van der Waals surface area contributed by atoms with Crippen LogP contribution in [0.25, 0.3) is 0 Å². The highest BCUT2D eigenvalue weighted by molar-refractivity contribution is 7.89. The maximum Gasteiger partial charge on any atom is 0.251 e. The van der Waals surface area contributed by atoms with Crippen molar-refractivity contribution in [3.05, 3.63) is 29.8 Å². The van der Waals surface area contributed by atoms with Crippen LogP contribution >= 0.6 is 12.4 Å². The molecule has 3 unspecified atom stereocenters. The van der Waals surface area contributed by atoms with Crippen molar-refractivity contribution < 1.29 is 17.9 Å². The lowest BCUT2D eigenvalue weighted by Gasteiger charge is -2.34. The van der Waals surface area contributed by atoms with Crippen molar-refractivity contribution >= 4 is 28.3 Å². The molecule has 0 bridgehead atoms. The smallest absolute Gasteiger partial charge is 0.251 e. The number of sulfonamides is 1. The molecule has 0 aromatic heterocycles. The highest BCUT2D eigenvalue weighted by Crippen LogP contribution is 2.39. The monoisotopic (exact) mass is 431 g/mol. The van der Waals surface area contributed by atoms with E-state index in [-0.39, 0.29) is 35.4 Å². The highest BCUT2D eigenvalue weighted by Gasteiger charge is 2.41. The molecule has 1 aromatic carbocycles. The normalized spacial score (nSPS) is 25.4. The van der Waals surface area contributed by atoms with Crippen molar-refractivity contribution in [3.8, 4) is 0 Å². The minimum absolute atomic E-state index is 0. The Bertz CT molecular complexity index is 788. The van der Waals surface area contributed by atoms with Gasteiger partial charge in [-0.2, -0.15) is 4.31 Å². The topological polar surface area (TPSA) is 102 Å². The molecule has 1 aliphatic carbocycles. The average Bonchev–Trinajstić information content (AvgIpc) is 3.46. The van der Waals surface area contributed by atoms with E-state index in [1.54, 1.807) is 12.1 Å². The van der Waals surface area contributed by atoms with Crippen LogP contribution < -0.4 is 11.1 Å². The number of nitrogens with zero attached hydrogens (tertiary/aromatic N) is 1. The highest BCUT2D eigenvalue weighted by atomic mass is 35.5. The predicted molar refractivity (Wildman–Crippen MR) is 110 cm³/mol. The summed E-state index contributed by atoms with van der Waals surface area (Å²) >= 11 is 0. The third kappa shape index (κ3) is 4.86. The zero-order valence-electron chi connectivity index (χ0n) is 16.6. The van der Waals surface area contributed by atoms with Crippen LogP contribution in [0, 0.1) is 5.92 Å². The van der Waals surface area contributed by atoms with Gasteiger partial charge in [0.15, 0.2) is 0 Å². The minimum Gasteiger partial charge on any atom is -0.373 e. The van der Waals surface area contributed by atoms with Crippen molar-refractivity contribution in [1.82, 2.24) is 9.62 Å². The SMILES string of the molecule is CC1CN(S(=O)(=O)c2ccc(C(=O)NC(C)(CN)C3CC3)cc2)CC(C)O1.Cl. The molecule has 2 aliphatic rings. The number of hydrogen-bond acceptors (Lipinski definition) is 5. The van der Waals surface area contributed by atoms with Crippen LogP contribution in [0.15, 0.2) is 29.2 Å². The molecule has 28 heavy (non-hydrogen) atoms. The lowest BCUT2D eigenvalue weighted by Crippen LogP contribution is -2.53. The summed E-state index contributed by atoms with van der Waals surface area (Å²) in [5.74, 6) is 0.184. The molecule has 1 aliphatic heterocycles. The number of benzene rings is 1. The fourth-order valence-corrected chi connectivity index (χ4v) is 5.22. The number of nitrogens with one attached hydrogen (secondary N) is 1. The van der Waals surface area contributed by atoms with Gasteiger partial charge in [0.25, 0.3) is 5.91 Å². The number of rotatable bonds is 6. The summed E-state index contributed by atoms with van der Waals surface area (Å²) in [6, 6.07) is 6.09. The Morgan fingerprint density at radius 2 is 1.75 bits per heavy atom. The van der Waals surface area contributed by atoms with Crippen molar-refractivity contribution in [2.24, 2.45) is 11.7 Å². The number of halogens is 1. The number of morpholine rings is 1. The van der Waals surface area contributed by atoms with E-state index in [4.69, 9.17) is 10.5 Å². The summed E-state index contributed by atoms with van der Waals surface area (Å²) in [4.78, 5) is 12.7. The molecule has 0 radical (unpaired) electrons. The van der Waals surface area contributed by atoms with E-state index in [0.29, 0.717) is 31.1 Å². The van der Waals surface area contributed by atoms with Crippen LogP contribution in [-0.2, 0) is 14.8 Å². The first kappa shape index (κ1) is 23.1. The van der Waals surface area contributed by atoms with Crippen molar-refractivity contribution in [1.29, 1.82) is 0 Å². The molecule has 3 atom stereocenters. The van der Waals surface area contributed by atoms with E-state index in [1.165, 1.54) is 16.4 Å². The zero-order valence-corrected chi connectivity index (χ0v) is 18.2. The Morgan fingerprint density at radius 1 is 1.21 bits per heavy atom. The van der Waals surface area contributed by atoms with Gasteiger partial charge in [-0.3, -0.25) is 4.79 Å². The Balaban J connectivity index is 0.00000280. The molecule has 1 amide bonds. The van der Waals surface area contributed by atoms with E-state index >= 15 is 0 Å². The maximum atomic E-state index is 12.9. The number of carbonyl (C=O) groups is 1. The second kappa shape index (κ2) is 8.67.